The fraction of sp³-hybridized carbons (Fsp3) is 0.632. The molecule has 6 nitrogen and oxygen atoms in total. The molecule has 1 unspecified atom stereocenters. The SMILES string of the molecule is O=C(NC1CCCCC1)C1CCCN(Cc2nc(-c3cccs3)no2)C1. The van der Waals surface area contributed by atoms with Gasteiger partial charge in [-0.25, -0.2) is 0 Å². The van der Waals surface area contributed by atoms with Crippen LogP contribution in [0.15, 0.2) is 22.0 Å². The van der Waals surface area contributed by atoms with Crippen molar-refractivity contribution in [3.63, 3.8) is 0 Å². The zero-order valence-electron chi connectivity index (χ0n) is 15.0. The molecule has 0 radical (unpaired) electrons. The lowest BCUT2D eigenvalue weighted by atomic mass is 9.93. The first kappa shape index (κ1) is 17.7. The Kier molecular flexibility index (Phi) is 5.65. The summed E-state index contributed by atoms with van der Waals surface area (Å²) in [6, 6.07) is 4.36. The second kappa shape index (κ2) is 8.31. The van der Waals surface area contributed by atoms with Gasteiger partial charge < -0.3 is 9.84 Å². The number of amides is 1. The van der Waals surface area contributed by atoms with Gasteiger partial charge in [-0.15, -0.1) is 11.3 Å². The molecular weight excluding hydrogens is 348 g/mol. The highest BCUT2D eigenvalue weighted by Gasteiger charge is 2.28. The second-order valence-electron chi connectivity index (χ2n) is 7.41. The summed E-state index contributed by atoms with van der Waals surface area (Å²) in [4.78, 5) is 20.4. The van der Waals surface area contributed by atoms with Crippen molar-refractivity contribution >= 4 is 17.2 Å². The quantitative estimate of drug-likeness (QED) is 0.868. The first-order valence-electron chi connectivity index (χ1n) is 9.67. The lowest BCUT2D eigenvalue weighted by Crippen LogP contribution is -2.46. The van der Waals surface area contributed by atoms with Crippen molar-refractivity contribution in [3.8, 4) is 10.7 Å². The predicted octanol–water partition coefficient (Wildman–Crippen LogP) is 3.46. The van der Waals surface area contributed by atoms with Crippen LogP contribution in [-0.4, -0.2) is 40.1 Å². The molecule has 0 bridgehead atoms. The van der Waals surface area contributed by atoms with Crippen molar-refractivity contribution in [2.75, 3.05) is 13.1 Å². The minimum atomic E-state index is 0.0744. The van der Waals surface area contributed by atoms with Crippen molar-refractivity contribution in [2.45, 2.75) is 57.5 Å². The van der Waals surface area contributed by atoms with Crippen LogP contribution in [0.3, 0.4) is 0 Å². The highest BCUT2D eigenvalue weighted by Crippen LogP contribution is 2.24. The molecule has 26 heavy (non-hydrogen) atoms. The number of nitrogens with one attached hydrogen (secondary N) is 1. The van der Waals surface area contributed by atoms with E-state index in [1.807, 2.05) is 17.5 Å². The Balaban J connectivity index is 1.31. The number of nitrogens with zero attached hydrogens (tertiary/aromatic N) is 3. The monoisotopic (exact) mass is 374 g/mol. The smallest absolute Gasteiger partial charge is 0.241 e. The lowest BCUT2D eigenvalue weighted by Gasteiger charge is -2.32. The number of rotatable bonds is 5. The maximum absolute atomic E-state index is 12.6. The zero-order valence-corrected chi connectivity index (χ0v) is 15.8. The van der Waals surface area contributed by atoms with Crippen LogP contribution in [0.25, 0.3) is 10.7 Å². The first-order chi connectivity index (χ1) is 12.8. The summed E-state index contributed by atoms with van der Waals surface area (Å²) in [5.74, 6) is 1.58. The van der Waals surface area contributed by atoms with Crippen LogP contribution < -0.4 is 5.32 Å². The number of likely N-dealkylation sites (tertiary alicyclic amines) is 1. The van der Waals surface area contributed by atoms with E-state index in [1.54, 1.807) is 11.3 Å². The van der Waals surface area contributed by atoms with Crippen LogP contribution in [-0.2, 0) is 11.3 Å². The average Bonchev–Trinajstić information content (AvgIpc) is 3.34. The molecule has 1 amide bonds. The number of carbonyl (C=O) groups excluding carboxylic acids is 1. The van der Waals surface area contributed by atoms with Gasteiger partial charge in [0.25, 0.3) is 0 Å². The summed E-state index contributed by atoms with van der Waals surface area (Å²) >= 11 is 1.60. The molecule has 1 atom stereocenters. The van der Waals surface area contributed by atoms with Gasteiger partial charge in [0.15, 0.2) is 0 Å². The molecule has 2 aromatic rings. The van der Waals surface area contributed by atoms with Crippen molar-refractivity contribution in [1.82, 2.24) is 20.4 Å². The Hall–Kier alpha value is -1.73. The van der Waals surface area contributed by atoms with Gasteiger partial charge in [0, 0.05) is 12.6 Å². The molecular formula is C19H26N4O2S. The number of aromatic nitrogens is 2. The molecule has 2 aromatic heterocycles. The fourth-order valence-corrected chi connectivity index (χ4v) is 4.64. The van der Waals surface area contributed by atoms with E-state index in [1.165, 1.54) is 19.3 Å². The van der Waals surface area contributed by atoms with Crippen LogP contribution in [0.2, 0.25) is 0 Å². The molecule has 2 fully saturated rings. The molecule has 1 saturated heterocycles. The van der Waals surface area contributed by atoms with Gasteiger partial charge in [-0.2, -0.15) is 4.98 Å². The van der Waals surface area contributed by atoms with E-state index < -0.39 is 0 Å². The number of hydrogen-bond donors (Lipinski definition) is 1. The molecule has 140 valence electrons. The largest absolute Gasteiger partial charge is 0.353 e. The van der Waals surface area contributed by atoms with E-state index in [4.69, 9.17) is 4.52 Å². The Morgan fingerprint density at radius 2 is 2.15 bits per heavy atom. The van der Waals surface area contributed by atoms with Gasteiger partial charge in [0.1, 0.15) is 0 Å². The molecule has 3 heterocycles. The van der Waals surface area contributed by atoms with Crippen molar-refractivity contribution in [3.05, 3.63) is 23.4 Å². The van der Waals surface area contributed by atoms with Crippen LogP contribution in [0.5, 0.6) is 0 Å². The van der Waals surface area contributed by atoms with E-state index in [0.29, 0.717) is 24.3 Å². The fourth-order valence-electron chi connectivity index (χ4n) is 4.00. The molecule has 0 spiro atoms. The van der Waals surface area contributed by atoms with E-state index in [0.717, 1.165) is 43.6 Å². The molecule has 7 heteroatoms. The van der Waals surface area contributed by atoms with E-state index in [2.05, 4.69) is 20.4 Å². The third-order valence-corrected chi connectivity index (χ3v) is 6.26. The highest BCUT2D eigenvalue weighted by atomic mass is 32.1. The summed E-state index contributed by atoms with van der Waals surface area (Å²) in [5.41, 5.74) is 0. The standard InChI is InChI=1S/C19H26N4O2S/c24-19(20-15-7-2-1-3-8-15)14-6-4-10-23(12-14)13-17-21-18(22-25-17)16-9-5-11-26-16/h5,9,11,14-15H,1-4,6-8,10,12-13H2,(H,20,24). The first-order valence-corrected chi connectivity index (χ1v) is 10.5. The van der Waals surface area contributed by atoms with Crippen molar-refractivity contribution < 1.29 is 9.32 Å². The summed E-state index contributed by atoms with van der Waals surface area (Å²) in [6.45, 7) is 2.37. The molecule has 1 saturated carbocycles. The van der Waals surface area contributed by atoms with Gasteiger partial charge in [-0.05, 0) is 43.7 Å². The molecule has 0 aromatic carbocycles. The summed E-state index contributed by atoms with van der Waals surface area (Å²) in [5, 5.41) is 9.36. The van der Waals surface area contributed by atoms with Gasteiger partial charge >= 0.3 is 0 Å². The number of piperidine rings is 1. The van der Waals surface area contributed by atoms with Crippen molar-refractivity contribution in [1.29, 1.82) is 0 Å². The Labute approximate surface area is 158 Å². The highest BCUT2D eigenvalue weighted by molar-refractivity contribution is 7.13. The summed E-state index contributed by atoms with van der Waals surface area (Å²) in [7, 11) is 0. The van der Waals surface area contributed by atoms with E-state index >= 15 is 0 Å². The normalized spacial score (nSPS) is 22.4. The van der Waals surface area contributed by atoms with Gasteiger partial charge in [-0.1, -0.05) is 30.5 Å². The second-order valence-corrected chi connectivity index (χ2v) is 8.35. The Bertz CT molecular complexity index is 709. The third kappa shape index (κ3) is 4.32. The Morgan fingerprint density at radius 3 is 2.96 bits per heavy atom. The third-order valence-electron chi connectivity index (χ3n) is 5.40. The maximum atomic E-state index is 12.6. The molecule has 1 aliphatic carbocycles. The average molecular weight is 375 g/mol. The Morgan fingerprint density at radius 1 is 1.27 bits per heavy atom. The maximum Gasteiger partial charge on any atom is 0.241 e. The molecule has 1 N–H and O–H groups in total. The van der Waals surface area contributed by atoms with Crippen LogP contribution in [0.1, 0.15) is 50.8 Å². The van der Waals surface area contributed by atoms with Gasteiger partial charge in [-0.3, -0.25) is 9.69 Å². The topological polar surface area (TPSA) is 71.3 Å². The van der Waals surface area contributed by atoms with E-state index in [9.17, 15) is 4.79 Å². The number of hydrogen-bond acceptors (Lipinski definition) is 6. The molecule has 4 rings (SSSR count). The van der Waals surface area contributed by atoms with Crippen molar-refractivity contribution in [2.24, 2.45) is 5.92 Å². The van der Waals surface area contributed by atoms with Crippen LogP contribution in [0, 0.1) is 5.92 Å². The lowest BCUT2D eigenvalue weighted by molar-refractivity contribution is -0.127. The number of carbonyl (C=O) groups is 1. The van der Waals surface area contributed by atoms with Crippen LogP contribution in [0.4, 0.5) is 0 Å². The predicted molar refractivity (Wildman–Crippen MR) is 101 cm³/mol. The van der Waals surface area contributed by atoms with Crippen LogP contribution >= 0.6 is 11.3 Å². The number of thiophene rings is 1. The minimum Gasteiger partial charge on any atom is -0.353 e. The molecule has 2 aliphatic rings. The zero-order chi connectivity index (χ0) is 17.8. The summed E-state index contributed by atoms with van der Waals surface area (Å²) in [6.07, 6.45) is 8.07. The van der Waals surface area contributed by atoms with Gasteiger partial charge in [0.05, 0.1) is 17.3 Å². The minimum absolute atomic E-state index is 0.0744. The van der Waals surface area contributed by atoms with Gasteiger partial charge in [0.2, 0.25) is 17.6 Å². The van der Waals surface area contributed by atoms with E-state index in [-0.39, 0.29) is 11.8 Å². The molecule has 1 aliphatic heterocycles. The summed E-state index contributed by atoms with van der Waals surface area (Å²) < 4.78 is 5.41.